The van der Waals surface area contributed by atoms with Crippen LogP contribution in [0.3, 0.4) is 0 Å². The fraction of sp³-hybridized carbons (Fsp3) is 0.417. The highest BCUT2D eigenvalue weighted by molar-refractivity contribution is 5.71. The lowest BCUT2D eigenvalue weighted by molar-refractivity contribution is -0.148. The second kappa shape index (κ2) is 5.07. The molecule has 4 heteroatoms. The van der Waals surface area contributed by atoms with Crippen molar-refractivity contribution in [2.75, 3.05) is 6.61 Å². The normalized spacial score (nSPS) is 14.2. The number of hydrogen-bond acceptors (Lipinski definition) is 3. The number of esters is 1. The van der Waals surface area contributed by atoms with Crippen molar-refractivity contribution >= 4 is 5.97 Å². The molecule has 0 aliphatic heterocycles. The van der Waals surface area contributed by atoms with E-state index in [-0.39, 0.29) is 18.6 Å². The molecule has 0 saturated carbocycles. The SMILES string of the molecule is CCOC(=O)CC(C)(O)c1ccccc1F. The van der Waals surface area contributed by atoms with E-state index in [1.807, 2.05) is 0 Å². The van der Waals surface area contributed by atoms with Crippen LogP contribution in [-0.4, -0.2) is 17.7 Å². The van der Waals surface area contributed by atoms with Crippen molar-refractivity contribution in [3.05, 3.63) is 35.6 Å². The van der Waals surface area contributed by atoms with Crippen molar-refractivity contribution in [1.82, 2.24) is 0 Å². The topological polar surface area (TPSA) is 46.5 Å². The number of hydrogen-bond donors (Lipinski definition) is 1. The van der Waals surface area contributed by atoms with Gasteiger partial charge < -0.3 is 9.84 Å². The number of carbonyl (C=O) groups is 1. The quantitative estimate of drug-likeness (QED) is 0.798. The molecule has 1 aromatic rings. The van der Waals surface area contributed by atoms with Gasteiger partial charge in [-0.05, 0) is 19.9 Å². The summed E-state index contributed by atoms with van der Waals surface area (Å²) in [5.41, 5.74) is -1.44. The Balaban J connectivity index is 2.85. The summed E-state index contributed by atoms with van der Waals surface area (Å²) in [5.74, 6) is -1.08. The van der Waals surface area contributed by atoms with Crippen LogP contribution in [0.25, 0.3) is 0 Å². The van der Waals surface area contributed by atoms with Gasteiger partial charge in [0.2, 0.25) is 0 Å². The molecule has 0 aromatic heterocycles. The molecule has 1 unspecified atom stereocenters. The summed E-state index contributed by atoms with van der Waals surface area (Å²) in [4.78, 5) is 11.2. The monoisotopic (exact) mass is 226 g/mol. The second-order valence-corrected chi connectivity index (χ2v) is 3.74. The highest BCUT2D eigenvalue weighted by Crippen LogP contribution is 2.26. The predicted octanol–water partition coefficient (Wildman–Crippen LogP) is 1.99. The standard InChI is InChI=1S/C12H15FO3/c1-3-16-11(14)8-12(2,15)9-6-4-5-7-10(9)13/h4-7,15H,3,8H2,1-2H3. The number of benzene rings is 1. The minimum Gasteiger partial charge on any atom is -0.466 e. The Morgan fingerprint density at radius 1 is 1.50 bits per heavy atom. The predicted molar refractivity (Wildman–Crippen MR) is 57.2 cm³/mol. The van der Waals surface area contributed by atoms with E-state index >= 15 is 0 Å². The van der Waals surface area contributed by atoms with Crippen molar-refractivity contribution < 1.29 is 19.0 Å². The van der Waals surface area contributed by atoms with E-state index < -0.39 is 17.4 Å². The molecule has 0 spiro atoms. The maximum atomic E-state index is 13.4. The van der Waals surface area contributed by atoms with Gasteiger partial charge >= 0.3 is 5.97 Å². The molecule has 88 valence electrons. The fourth-order valence-electron chi connectivity index (χ4n) is 1.49. The highest BCUT2D eigenvalue weighted by Gasteiger charge is 2.29. The number of ether oxygens (including phenoxy) is 1. The summed E-state index contributed by atoms with van der Waals surface area (Å²) in [5, 5.41) is 10.0. The molecule has 3 nitrogen and oxygen atoms in total. The largest absolute Gasteiger partial charge is 0.466 e. The number of carbonyl (C=O) groups excluding carboxylic acids is 1. The van der Waals surface area contributed by atoms with Crippen LogP contribution in [0, 0.1) is 5.82 Å². The molecular weight excluding hydrogens is 211 g/mol. The Labute approximate surface area is 93.9 Å². The van der Waals surface area contributed by atoms with E-state index in [2.05, 4.69) is 0 Å². The third kappa shape index (κ3) is 3.03. The van der Waals surface area contributed by atoms with Crippen LogP contribution in [0.15, 0.2) is 24.3 Å². The maximum absolute atomic E-state index is 13.4. The first-order valence-corrected chi connectivity index (χ1v) is 5.10. The Morgan fingerprint density at radius 3 is 2.69 bits per heavy atom. The van der Waals surface area contributed by atoms with Crippen LogP contribution in [0.2, 0.25) is 0 Å². The number of halogens is 1. The maximum Gasteiger partial charge on any atom is 0.309 e. The van der Waals surface area contributed by atoms with Gasteiger partial charge in [0, 0.05) is 5.56 Å². The lowest BCUT2D eigenvalue weighted by Gasteiger charge is -2.23. The molecule has 0 radical (unpaired) electrons. The van der Waals surface area contributed by atoms with E-state index in [4.69, 9.17) is 4.74 Å². The van der Waals surface area contributed by atoms with Gasteiger partial charge in [-0.25, -0.2) is 4.39 Å². The zero-order valence-corrected chi connectivity index (χ0v) is 9.37. The van der Waals surface area contributed by atoms with Crippen molar-refractivity contribution in [3.8, 4) is 0 Å². The molecule has 0 amide bonds. The van der Waals surface area contributed by atoms with E-state index in [1.54, 1.807) is 13.0 Å². The lowest BCUT2D eigenvalue weighted by Crippen LogP contribution is -2.27. The molecule has 0 aliphatic carbocycles. The van der Waals surface area contributed by atoms with Crippen LogP contribution in [0.5, 0.6) is 0 Å². The summed E-state index contributed by atoms with van der Waals surface area (Å²) in [6.07, 6.45) is -0.262. The van der Waals surface area contributed by atoms with E-state index in [1.165, 1.54) is 25.1 Å². The van der Waals surface area contributed by atoms with E-state index in [9.17, 15) is 14.3 Å². The van der Waals surface area contributed by atoms with Gasteiger partial charge in [0.15, 0.2) is 0 Å². The molecule has 1 rings (SSSR count). The zero-order valence-electron chi connectivity index (χ0n) is 9.37. The van der Waals surface area contributed by atoms with Gasteiger partial charge in [-0.1, -0.05) is 18.2 Å². The van der Waals surface area contributed by atoms with Gasteiger partial charge in [-0.3, -0.25) is 4.79 Å². The molecule has 1 N–H and O–H groups in total. The van der Waals surface area contributed by atoms with E-state index in [0.29, 0.717) is 0 Å². The van der Waals surface area contributed by atoms with E-state index in [0.717, 1.165) is 0 Å². The van der Waals surface area contributed by atoms with Gasteiger partial charge in [-0.2, -0.15) is 0 Å². The molecule has 0 saturated heterocycles. The first kappa shape index (κ1) is 12.6. The Hall–Kier alpha value is -1.42. The van der Waals surface area contributed by atoms with Gasteiger partial charge in [-0.15, -0.1) is 0 Å². The van der Waals surface area contributed by atoms with Crippen molar-refractivity contribution in [2.45, 2.75) is 25.9 Å². The Kier molecular flexibility index (Phi) is 4.01. The van der Waals surface area contributed by atoms with Crippen LogP contribution < -0.4 is 0 Å². The molecular formula is C12H15FO3. The van der Waals surface area contributed by atoms with Crippen LogP contribution in [0.1, 0.15) is 25.8 Å². The summed E-state index contributed by atoms with van der Waals surface area (Å²) < 4.78 is 18.1. The average molecular weight is 226 g/mol. The smallest absolute Gasteiger partial charge is 0.309 e. The van der Waals surface area contributed by atoms with Crippen molar-refractivity contribution in [2.24, 2.45) is 0 Å². The third-order valence-corrected chi connectivity index (χ3v) is 2.25. The lowest BCUT2D eigenvalue weighted by atomic mass is 9.92. The highest BCUT2D eigenvalue weighted by atomic mass is 19.1. The van der Waals surface area contributed by atoms with Crippen LogP contribution in [-0.2, 0) is 15.1 Å². The molecule has 0 bridgehead atoms. The van der Waals surface area contributed by atoms with Gasteiger partial charge in [0.1, 0.15) is 11.4 Å². The summed E-state index contributed by atoms with van der Waals surface area (Å²) in [6.45, 7) is 3.31. The van der Waals surface area contributed by atoms with Gasteiger partial charge in [0.25, 0.3) is 0 Å². The molecule has 1 aromatic carbocycles. The van der Waals surface area contributed by atoms with Gasteiger partial charge in [0.05, 0.1) is 13.0 Å². The first-order valence-electron chi connectivity index (χ1n) is 5.10. The molecule has 0 heterocycles. The molecule has 0 aliphatic rings. The number of aliphatic hydroxyl groups is 1. The number of rotatable bonds is 4. The summed E-state index contributed by atoms with van der Waals surface area (Å²) in [7, 11) is 0. The van der Waals surface area contributed by atoms with Crippen LogP contribution in [0.4, 0.5) is 4.39 Å². The van der Waals surface area contributed by atoms with Crippen LogP contribution >= 0.6 is 0 Å². The minimum atomic E-state index is -1.54. The fourth-order valence-corrected chi connectivity index (χ4v) is 1.49. The summed E-state index contributed by atoms with van der Waals surface area (Å²) >= 11 is 0. The second-order valence-electron chi connectivity index (χ2n) is 3.74. The molecule has 0 fully saturated rings. The zero-order chi connectivity index (χ0) is 12.2. The minimum absolute atomic E-state index is 0.100. The third-order valence-electron chi connectivity index (χ3n) is 2.25. The molecule has 16 heavy (non-hydrogen) atoms. The van der Waals surface area contributed by atoms with Crippen molar-refractivity contribution in [1.29, 1.82) is 0 Å². The Morgan fingerprint density at radius 2 is 2.12 bits per heavy atom. The van der Waals surface area contributed by atoms with Crippen molar-refractivity contribution in [3.63, 3.8) is 0 Å². The Bertz CT molecular complexity index is 374. The molecule has 1 atom stereocenters. The average Bonchev–Trinajstić information content (AvgIpc) is 2.17. The first-order chi connectivity index (χ1) is 7.47. The summed E-state index contributed by atoms with van der Waals surface area (Å²) in [6, 6.07) is 5.83.